The average molecular weight is 361 g/mol. The molecule has 2 aromatic rings. The molecular formula is C19H21ClN2O3. The number of anilines is 1. The van der Waals surface area contributed by atoms with E-state index in [0.717, 1.165) is 0 Å². The summed E-state index contributed by atoms with van der Waals surface area (Å²) in [5.74, 6) is 0.322. The van der Waals surface area contributed by atoms with E-state index in [1.165, 1.54) is 0 Å². The molecule has 0 unspecified atom stereocenters. The summed E-state index contributed by atoms with van der Waals surface area (Å²) in [6.45, 7) is 4.44. The molecule has 0 heterocycles. The van der Waals surface area contributed by atoms with Crippen LogP contribution in [0.25, 0.3) is 0 Å². The minimum atomic E-state index is -0.348. The van der Waals surface area contributed by atoms with Gasteiger partial charge in [-0.3, -0.25) is 9.59 Å². The molecule has 2 amide bonds. The van der Waals surface area contributed by atoms with E-state index in [1.54, 1.807) is 48.5 Å². The standard InChI is InChI=1S/C19H21ClN2O3/c1-13(2)11-21-19(24)16-5-3-4-6-17(16)22-18(23)12-25-15-9-7-14(20)8-10-15/h3-10,13H,11-12H2,1-2H3,(H,21,24)(H,22,23). The van der Waals surface area contributed by atoms with Crippen LogP contribution in [0.4, 0.5) is 5.69 Å². The van der Waals surface area contributed by atoms with Gasteiger partial charge in [0.05, 0.1) is 11.3 Å². The fraction of sp³-hybridized carbons (Fsp3) is 0.263. The van der Waals surface area contributed by atoms with Crippen molar-refractivity contribution >= 4 is 29.1 Å². The molecule has 0 aliphatic rings. The Hall–Kier alpha value is -2.53. The van der Waals surface area contributed by atoms with Gasteiger partial charge in [-0.15, -0.1) is 0 Å². The lowest BCUT2D eigenvalue weighted by atomic mass is 10.1. The van der Waals surface area contributed by atoms with Gasteiger partial charge in [-0.25, -0.2) is 0 Å². The van der Waals surface area contributed by atoms with Crippen molar-refractivity contribution in [2.45, 2.75) is 13.8 Å². The lowest BCUT2D eigenvalue weighted by Crippen LogP contribution is -2.29. The van der Waals surface area contributed by atoms with E-state index in [1.807, 2.05) is 13.8 Å². The zero-order chi connectivity index (χ0) is 18.2. The van der Waals surface area contributed by atoms with Crippen LogP contribution in [0.5, 0.6) is 5.75 Å². The molecule has 0 fully saturated rings. The number of para-hydroxylation sites is 1. The third-order valence-electron chi connectivity index (χ3n) is 3.30. The van der Waals surface area contributed by atoms with Crippen LogP contribution in [0.15, 0.2) is 48.5 Å². The van der Waals surface area contributed by atoms with Gasteiger partial charge in [0.1, 0.15) is 5.75 Å². The highest BCUT2D eigenvalue weighted by molar-refractivity contribution is 6.30. The van der Waals surface area contributed by atoms with E-state index < -0.39 is 0 Å². The third kappa shape index (κ3) is 6.12. The molecule has 0 saturated carbocycles. The summed E-state index contributed by atoms with van der Waals surface area (Å²) < 4.78 is 5.40. The maximum absolute atomic E-state index is 12.3. The summed E-state index contributed by atoms with van der Waals surface area (Å²) in [5, 5.41) is 6.15. The van der Waals surface area contributed by atoms with Crippen molar-refractivity contribution in [3.8, 4) is 5.75 Å². The smallest absolute Gasteiger partial charge is 0.262 e. The minimum absolute atomic E-state index is 0.163. The maximum Gasteiger partial charge on any atom is 0.262 e. The molecule has 0 aromatic heterocycles. The Morgan fingerprint density at radius 1 is 1.08 bits per heavy atom. The zero-order valence-corrected chi connectivity index (χ0v) is 15.0. The molecule has 132 valence electrons. The first-order valence-electron chi connectivity index (χ1n) is 8.01. The van der Waals surface area contributed by atoms with Crippen molar-refractivity contribution in [1.82, 2.24) is 5.32 Å². The van der Waals surface area contributed by atoms with E-state index in [0.29, 0.717) is 34.5 Å². The van der Waals surface area contributed by atoms with Crippen LogP contribution in [-0.4, -0.2) is 25.0 Å². The second kappa shape index (κ2) is 9.08. The highest BCUT2D eigenvalue weighted by Crippen LogP contribution is 2.17. The predicted octanol–water partition coefficient (Wildman–Crippen LogP) is 3.74. The second-order valence-electron chi connectivity index (χ2n) is 5.94. The molecule has 0 bridgehead atoms. The maximum atomic E-state index is 12.3. The normalized spacial score (nSPS) is 10.4. The zero-order valence-electron chi connectivity index (χ0n) is 14.2. The molecule has 25 heavy (non-hydrogen) atoms. The van der Waals surface area contributed by atoms with Crippen molar-refractivity contribution in [3.63, 3.8) is 0 Å². The highest BCUT2D eigenvalue weighted by atomic mass is 35.5. The topological polar surface area (TPSA) is 67.4 Å². The first-order chi connectivity index (χ1) is 12.0. The van der Waals surface area contributed by atoms with Gasteiger partial charge in [-0.05, 0) is 42.3 Å². The number of carbonyl (C=O) groups excluding carboxylic acids is 2. The summed E-state index contributed by atoms with van der Waals surface area (Å²) in [6, 6.07) is 13.6. The number of benzene rings is 2. The van der Waals surface area contributed by atoms with Crippen molar-refractivity contribution in [1.29, 1.82) is 0 Å². The quantitative estimate of drug-likeness (QED) is 0.790. The first kappa shape index (κ1) is 18.8. The molecule has 0 radical (unpaired) electrons. The van der Waals surface area contributed by atoms with Gasteiger partial charge in [0.2, 0.25) is 0 Å². The summed E-state index contributed by atoms with van der Waals surface area (Å²) in [4.78, 5) is 24.4. The average Bonchev–Trinajstić information content (AvgIpc) is 2.59. The third-order valence-corrected chi connectivity index (χ3v) is 3.55. The number of hydrogen-bond donors (Lipinski definition) is 2. The van der Waals surface area contributed by atoms with Crippen molar-refractivity contribution in [2.75, 3.05) is 18.5 Å². The fourth-order valence-corrected chi connectivity index (χ4v) is 2.17. The Morgan fingerprint density at radius 3 is 2.44 bits per heavy atom. The van der Waals surface area contributed by atoms with Gasteiger partial charge in [0.25, 0.3) is 11.8 Å². The molecule has 2 rings (SSSR count). The Balaban J connectivity index is 1.96. The van der Waals surface area contributed by atoms with E-state index in [4.69, 9.17) is 16.3 Å². The van der Waals surface area contributed by atoms with Gasteiger partial charge in [-0.1, -0.05) is 37.6 Å². The van der Waals surface area contributed by atoms with Gasteiger partial charge < -0.3 is 15.4 Å². The molecule has 0 aliphatic heterocycles. The van der Waals surface area contributed by atoms with Crippen LogP contribution >= 0.6 is 11.6 Å². The number of rotatable bonds is 7. The number of carbonyl (C=O) groups is 2. The molecule has 0 aliphatic carbocycles. The van der Waals surface area contributed by atoms with Crippen LogP contribution in [0, 0.1) is 5.92 Å². The monoisotopic (exact) mass is 360 g/mol. The largest absolute Gasteiger partial charge is 0.484 e. The summed E-state index contributed by atoms with van der Waals surface area (Å²) >= 11 is 5.80. The van der Waals surface area contributed by atoms with Crippen molar-refractivity contribution in [3.05, 3.63) is 59.1 Å². The van der Waals surface area contributed by atoms with E-state index in [9.17, 15) is 9.59 Å². The lowest BCUT2D eigenvalue weighted by Gasteiger charge is -2.13. The molecule has 2 aromatic carbocycles. The first-order valence-corrected chi connectivity index (χ1v) is 8.39. The van der Waals surface area contributed by atoms with Crippen LogP contribution in [-0.2, 0) is 4.79 Å². The SMILES string of the molecule is CC(C)CNC(=O)c1ccccc1NC(=O)COc1ccc(Cl)cc1. The Morgan fingerprint density at radius 2 is 1.76 bits per heavy atom. The van der Waals surface area contributed by atoms with Crippen molar-refractivity contribution in [2.24, 2.45) is 5.92 Å². The predicted molar refractivity (Wildman–Crippen MR) is 99.2 cm³/mol. The molecule has 2 N–H and O–H groups in total. The van der Waals surface area contributed by atoms with Gasteiger partial charge in [0, 0.05) is 11.6 Å². The summed E-state index contributed by atoms with van der Waals surface area (Å²) in [5.41, 5.74) is 0.872. The molecule has 0 spiro atoms. The van der Waals surface area contributed by atoms with E-state index in [2.05, 4.69) is 10.6 Å². The van der Waals surface area contributed by atoms with Crippen LogP contribution in [0.3, 0.4) is 0 Å². The van der Waals surface area contributed by atoms with E-state index >= 15 is 0 Å². The summed E-state index contributed by atoms with van der Waals surface area (Å²) in [7, 11) is 0. The Kier molecular flexibility index (Phi) is 6.83. The summed E-state index contributed by atoms with van der Waals surface area (Å²) in [6.07, 6.45) is 0. The minimum Gasteiger partial charge on any atom is -0.484 e. The number of nitrogens with one attached hydrogen (secondary N) is 2. The lowest BCUT2D eigenvalue weighted by molar-refractivity contribution is -0.118. The van der Waals surface area contributed by atoms with Crippen molar-refractivity contribution < 1.29 is 14.3 Å². The Bertz CT molecular complexity index is 730. The van der Waals surface area contributed by atoms with Crippen LogP contribution < -0.4 is 15.4 Å². The van der Waals surface area contributed by atoms with Gasteiger partial charge in [0.15, 0.2) is 6.61 Å². The molecule has 6 heteroatoms. The van der Waals surface area contributed by atoms with Gasteiger partial charge >= 0.3 is 0 Å². The fourth-order valence-electron chi connectivity index (χ4n) is 2.05. The van der Waals surface area contributed by atoms with Crippen LogP contribution in [0.1, 0.15) is 24.2 Å². The van der Waals surface area contributed by atoms with Crippen LogP contribution in [0.2, 0.25) is 5.02 Å². The second-order valence-corrected chi connectivity index (χ2v) is 6.38. The number of hydrogen-bond acceptors (Lipinski definition) is 3. The van der Waals surface area contributed by atoms with Gasteiger partial charge in [-0.2, -0.15) is 0 Å². The number of ether oxygens (including phenoxy) is 1. The molecular weight excluding hydrogens is 340 g/mol. The number of halogens is 1. The molecule has 5 nitrogen and oxygen atoms in total. The molecule has 0 saturated heterocycles. The highest BCUT2D eigenvalue weighted by Gasteiger charge is 2.13. The number of amides is 2. The Labute approximate surface area is 152 Å². The van der Waals surface area contributed by atoms with E-state index in [-0.39, 0.29) is 18.4 Å². The molecule has 0 atom stereocenters.